The molecule has 2 aromatic rings. The van der Waals surface area contributed by atoms with Gasteiger partial charge in [-0.25, -0.2) is 4.98 Å². The molecule has 0 bridgehead atoms. The molecule has 5 nitrogen and oxygen atoms in total. The third-order valence-corrected chi connectivity index (χ3v) is 2.63. The molecule has 0 aliphatic heterocycles. The number of hydrogen-bond acceptors (Lipinski definition) is 3. The molecule has 94 valence electrons. The highest BCUT2D eigenvalue weighted by molar-refractivity contribution is 6.02. The van der Waals surface area contributed by atoms with Gasteiger partial charge in [0.15, 0.2) is 5.82 Å². The van der Waals surface area contributed by atoms with Crippen LogP contribution in [0.15, 0.2) is 30.6 Å². The van der Waals surface area contributed by atoms with Gasteiger partial charge in [0.25, 0.3) is 5.91 Å². The zero-order chi connectivity index (χ0) is 13.1. The van der Waals surface area contributed by atoms with E-state index in [1.54, 1.807) is 31.1 Å². The third-order valence-electron chi connectivity index (χ3n) is 2.63. The summed E-state index contributed by atoms with van der Waals surface area (Å²) in [5, 5.41) is 2.80. The van der Waals surface area contributed by atoms with Gasteiger partial charge in [-0.3, -0.25) is 4.79 Å². The number of ether oxygens (including phenoxy) is 1. The Kier molecular flexibility index (Phi) is 3.32. The van der Waals surface area contributed by atoms with E-state index in [-0.39, 0.29) is 5.91 Å². The largest absolute Gasteiger partial charge is 0.495 e. The van der Waals surface area contributed by atoms with Crippen molar-refractivity contribution in [2.75, 3.05) is 12.4 Å². The van der Waals surface area contributed by atoms with Crippen LogP contribution in [-0.4, -0.2) is 22.6 Å². The Morgan fingerprint density at radius 3 is 2.83 bits per heavy atom. The first-order chi connectivity index (χ1) is 8.61. The Balaban J connectivity index is 2.27. The molecule has 1 heterocycles. The molecule has 2 rings (SSSR count). The predicted molar refractivity (Wildman–Crippen MR) is 68.9 cm³/mol. The van der Waals surface area contributed by atoms with E-state index in [4.69, 9.17) is 4.74 Å². The maximum Gasteiger partial charge on any atom is 0.291 e. The fraction of sp³-hybridized carbons (Fsp3) is 0.231. The Hall–Kier alpha value is -2.30. The van der Waals surface area contributed by atoms with Crippen molar-refractivity contribution in [2.24, 2.45) is 7.05 Å². The molecule has 18 heavy (non-hydrogen) atoms. The van der Waals surface area contributed by atoms with Crippen LogP contribution in [0.4, 0.5) is 5.69 Å². The number of anilines is 1. The average molecular weight is 245 g/mol. The summed E-state index contributed by atoms with van der Waals surface area (Å²) in [6.07, 6.45) is 3.31. The summed E-state index contributed by atoms with van der Waals surface area (Å²) in [5.74, 6) is 0.730. The molecule has 5 heteroatoms. The molecule has 0 radical (unpaired) electrons. The van der Waals surface area contributed by atoms with E-state index >= 15 is 0 Å². The van der Waals surface area contributed by atoms with Crippen molar-refractivity contribution in [3.63, 3.8) is 0 Å². The molecule has 1 aromatic carbocycles. The summed E-state index contributed by atoms with van der Waals surface area (Å²) >= 11 is 0. The first-order valence-electron chi connectivity index (χ1n) is 5.55. The van der Waals surface area contributed by atoms with Crippen LogP contribution in [0.2, 0.25) is 0 Å². The quantitative estimate of drug-likeness (QED) is 0.899. The molecule has 0 saturated carbocycles. The van der Waals surface area contributed by atoms with Crippen molar-refractivity contribution >= 4 is 11.6 Å². The maximum absolute atomic E-state index is 12.0. The SMILES string of the molecule is COc1ccc(C)cc1NC(=O)c1nccn1C. The number of methoxy groups -OCH3 is 1. The van der Waals surface area contributed by atoms with Crippen molar-refractivity contribution < 1.29 is 9.53 Å². The van der Waals surface area contributed by atoms with Crippen molar-refractivity contribution in [2.45, 2.75) is 6.92 Å². The standard InChI is InChI=1S/C13H15N3O2/c1-9-4-5-11(18-3)10(8-9)15-13(17)12-14-6-7-16(12)2/h4-8H,1-3H3,(H,15,17). The average Bonchev–Trinajstić information content (AvgIpc) is 2.76. The molecule has 1 amide bonds. The Labute approximate surface area is 105 Å². The summed E-state index contributed by atoms with van der Waals surface area (Å²) in [6.45, 7) is 1.95. The number of hydrogen-bond donors (Lipinski definition) is 1. The van der Waals surface area contributed by atoms with Crippen LogP contribution in [0.1, 0.15) is 16.2 Å². The normalized spacial score (nSPS) is 10.2. The zero-order valence-corrected chi connectivity index (χ0v) is 10.6. The first kappa shape index (κ1) is 12.2. The van der Waals surface area contributed by atoms with Gasteiger partial charge >= 0.3 is 0 Å². The van der Waals surface area contributed by atoms with Crippen molar-refractivity contribution in [1.82, 2.24) is 9.55 Å². The van der Waals surface area contributed by atoms with Gasteiger partial charge in [0.2, 0.25) is 0 Å². The van der Waals surface area contributed by atoms with E-state index in [9.17, 15) is 4.79 Å². The number of imidazole rings is 1. The van der Waals surface area contributed by atoms with Gasteiger partial charge in [-0.2, -0.15) is 0 Å². The Bertz CT molecular complexity index is 575. The molecule has 0 spiro atoms. The van der Waals surface area contributed by atoms with Crippen LogP contribution in [0.25, 0.3) is 0 Å². The van der Waals surface area contributed by atoms with Crippen LogP contribution in [0.3, 0.4) is 0 Å². The van der Waals surface area contributed by atoms with Gasteiger partial charge < -0.3 is 14.6 Å². The van der Waals surface area contributed by atoms with Gasteiger partial charge in [-0.05, 0) is 24.6 Å². The number of carbonyl (C=O) groups excluding carboxylic acids is 1. The highest BCUT2D eigenvalue weighted by Crippen LogP contribution is 2.25. The van der Waals surface area contributed by atoms with Gasteiger partial charge in [0.05, 0.1) is 12.8 Å². The van der Waals surface area contributed by atoms with Crippen LogP contribution >= 0.6 is 0 Å². The summed E-state index contributed by atoms with van der Waals surface area (Å²) in [7, 11) is 3.34. The summed E-state index contributed by atoms with van der Waals surface area (Å²) in [6, 6.07) is 5.61. The minimum atomic E-state index is -0.258. The van der Waals surface area contributed by atoms with Gasteiger partial charge in [0, 0.05) is 19.4 Å². The van der Waals surface area contributed by atoms with E-state index in [0.717, 1.165) is 5.56 Å². The van der Waals surface area contributed by atoms with E-state index < -0.39 is 0 Å². The second-order valence-electron chi connectivity index (χ2n) is 4.02. The lowest BCUT2D eigenvalue weighted by molar-refractivity contribution is 0.101. The van der Waals surface area contributed by atoms with Crippen LogP contribution in [0.5, 0.6) is 5.75 Å². The third kappa shape index (κ3) is 2.34. The summed E-state index contributed by atoms with van der Waals surface area (Å²) in [5.41, 5.74) is 1.69. The summed E-state index contributed by atoms with van der Waals surface area (Å²) < 4.78 is 6.87. The number of rotatable bonds is 3. The van der Waals surface area contributed by atoms with Crippen molar-refractivity contribution in [3.8, 4) is 5.75 Å². The smallest absolute Gasteiger partial charge is 0.291 e. The number of carbonyl (C=O) groups is 1. The molecule has 0 saturated heterocycles. The predicted octanol–water partition coefficient (Wildman–Crippen LogP) is 1.99. The van der Waals surface area contributed by atoms with Crippen LogP contribution < -0.4 is 10.1 Å². The number of benzene rings is 1. The lowest BCUT2D eigenvalue weighted by Crippen LogP contribution is -2.17. The monoisotopic (exact) mass is 245 g/mol. The van der Waals surface area contributed by atoms with Crippen LogP contribution in [-0.2, 0) is 7.05 Å². The lowest BCUT2D eigenvalue weighted by Gasteiger charge is -2.10. The number of amides is 1. The minimum Gasteiger partial charge on any atom is -0.495 e. The minimum absolute atomic E-state index is 0.258. The number of aromatic nitrogens is 2. The van der Waals surface area contributed by atoms with Crippen molar-refractivity contribution in [1.29, 1.82) is 0 Å². The molecule has 0 fully saturated rings. The zero-order valence-electron chi connectivity index (χ0n) is 10.6. The molecule has 1 N–H and O–H groups in total. The van der Waals surface area contributed by atoms with Crippen molar-refractivity contribution in [3.05, 3.63) is 42.0 Å². The fourth-order valence-electron chi connectivity index (χ4n) is 1.68. The van der Waals surface area contributed by atoms with E-state index in [1.807, 2.05) is 25.1 Å². The topological polar surface area (TPSA) is 56.1 Å². The highest BCUT2D eigenvalue weighted by atomic mass is 16.5. The Morgan fingerprint density at radius 1 is 1.44 bits per heavy atom. The first-order valence-corrected chi connectivity index (χ1v) is 5.55. The molecule has 0 aliphatic rings. The molecule has 0 aliphatic carbocycles. The molecular formula is C13H15N3O2. The molecule has 0 atom stereocenters. The van der Waals surface area contributed by atoms with Gasteiger partial charge in [-0.15, -0.1) is 0 Å². The molecule has 0 unspecified atom stereocenters. The second kappa shape index (κ2) is 4.91. The second-order valence-corrected chi connectivity index (χ2v) is 4.02. The Morgan fingerprint density at radius 2 is 2.22 bits per heavy atom. The number of nitrogens with one attached hydrogen (secondary N) is 1. The van der Waals surface area contributed by atoms with Crippen LogP contribution in [0, 0.1) is 6.92 Å². The maximum atomic E-state index is 12.0. The summed E-state index contributed by atoms with van der Waals surface area (Å²) in [4.78, 5) is 16.0. The van der Waals surface area contributed by atoms with E-state index in [0.29, 0.717) is 17.3 Å². The molecule has 1 aromatic heterocycles. The van der Waals surface area contributed by atoms with Gasteiger partial charge in [0.1, 0.15) is 5.75 Å². The van der Waals surface area contributed by atoms with E-state index in [1.165, 1.54) is 0 Å². The molecular weight excluding hydrogens is 230 g/mol. The lowest BCUT2D eigenvalue weighted by atomic mass is 10.2. The number of nitrogens with zero attached hydrogens (tertiary/aromatic N) is 2. The van der Waals surface area contributed by atoms with Gasteiger partial charge in [-0.1, -0.05) is 6.07 Å². The highest BCUT2D eigenvalue weighted by Gasteiger charge is 2.13. The van der Waals surface area contributed by atoms with E-state index in [2.05, 4.69) is 10.3 Å². The fourth-order valence-corrected chi connectivity index (χ4v) is 1.68. The number of aryl methyl sites for hydroxylation is 2.